The van der Waals surface area contributed by atoms with Crippen LogP contribution >= 0.6 is 11.7 Å². The number of carboxylic acids is 1. The van der Waals surface area contributed by atoms with Gasteiger partial charge in [0.05, 0.1) is 17.6 Å². The second-order valence-corrected chi connectivity index (χ2v) is 5.53. The first kappa shape index (κ1) is 12.5. The molecule has 19 heavy (non-hydrogen) atoms. The molecule has 2 heterocycles. The third-order valence-electron chi connectivity index (χ3n) is 3.58. The summed E-state index contributed by atoms with van der Waals surface area (Å²) in [7, 11) is 0. The van der Waals surface area contributed by atoms with Gasteiger partial charge in [0, 0.05) is 13.1 Å². The Hall–Kier alpha value is -1.53. The quantitative estimate of drug-likeness (QED) is 0.929. The normalized spacial score (nSPS) is 20.7. The monoisotopic (exact) mass is 277 g/mol. The van der Waals surface area contributed by atoms with E-state index in [2.05, 4.69) is 13.6 Å². The molecule has 6 heteroatoms. The highest BCUT2D eigenvalue weighted by molar-refractivity contribution is 7.00. The summed E-state index contributed by atoms with van der Waals surface area (Å²) >= 11 is 1.22. The number of carbonyl (C=O) groups is 1. The van der Waals surface area contributed by atoms with Crippen LogP contribution in [0.15, 0.2) is 18.2 Å². The van der Waals surface area contributed by atoms with Gasteiger partial charge in [0.25, 0.3) is 0 Å². The van der Waals surface area contributed by atoms with Crippen LogP contribution in [0.5, 0.6) is 0 Å². The Morgan fingerprint density at radius 1 is 1.42 bits per heavy atom. The summed E-state index contributed by atoms with van der Waals surface area (Å²) in [6, 6.07) is 6.07. The molecule has 1 N–H and O–H groups in total. The minimum atomic E-state index is -0.677. The number of piperidine rings is 1. The topological polar surface area (TPSA) is 66.3 Å². The van der Waals surface area contributed by atoms with Gasteiger partial charge in [0.1, 0.15) is 11.0 Å². The lowest BCUT2D eigenvalue weighted by atomic mass is 9.98. The van der Waals surface area contributed by atoms with Gasteiger partial charge in [-0.25, -0.2) is 0 Å². The summed E-state index contributed by atoms with van der Waals surface area (Å²) in [5, 5.41) is 9.09. The number of aromatic nitrogens is 2. The average Bonchev–Trinajstić information content (AvgIpc) is 2.86. The predicted octanol–water partition coefficient (Wildman–Crippen LogP) is 1.99. The molecule has 0 unspecified atom stereocenters. The van der Waals surface area contributed by atoms with E-state index in [0.717, 1.165) is 37.0 Å². The zero-order valence-corrected chi connectivity index (χ0v) is 11.3. The van der Waals surface area contributed by atoms with Crippen molar-refractivity contribution >= 4 is 28.7 Å². The van der Waals surface area contributed by atoms with Gasteiger partial charge in [-0.15, -0.1) is 0 Å². The molecule has 1 aliphatic heterocycles. The molecule has 1 fully saturated rings. The van der Waals surface area contributed by atoms with E-state index >= 15 is 0 Å². The van der Waals surface area contributed by atoms with Gasteiger partial charge in [-0.1, -0.05) is 6.07 Å². The van der Waals surface area contributed by atoms with Crippen LogP contribution in [0.25, 0.3) is 11.0 Å². The molecule has 1 aromatic heterocycles. The summed E-state index contributed by atoms with van der Waals surface area (Å²) < 4.78 is 8.41. The van der Waals surface area contributed by atoms with Crippen LogP contribution in [0.1, 0.15) is 18.4 Å². The number of fused-ring (bicyclic) bond motifs is 1. The van der Waals surface area contributed by atoms with Crippen molar-refractivity contribution in [3.8, 4) is 0 Å². The fourth-order valence-corrected chi connectivity index (χ4v) is 3.10. The molecule has 1 atom stereocenters. The van der Waals surface area contributed by atoms with Crippen LogP contribution in [0.4, 0.5) is 0 Å². The van der Waals surface area contributed by atoms with Crippen molar-refractivity contribution in [2.24, 2.45) is 5.92 Å². The van der Waals surface area contributed by atoms with E-state index in [0.29, 0.717) is 6.54 Å². The third kappa shape index (κ3) is 2.74. The molecule has 5 nitrogen and oxygen atoms in total. The van der Waals surface area contributed by atoms with Gasteiger partial charge >= 0.3 is 5.97 Å². The summed E-state index contributed by atoms with van der Waals surface area (Å²) in [6.45, 7) is 2.40. The fourth-order valence-electron chi connectivity index (χ4n) is 2.58. The van der Waals surface area contributed by atoms with Crippen molar-refractivity contribution in [3.05, 3.63) is 23.8 Å². The van der Waals surface area contributed by atoms with E-state index in [-0.39, 0.29) is 5.92 Å². The van der Waals surface area contributed by atoms with Crippen LogP contribution in [-0.2, 0) is 11.3 Å². The highest BCUT2D eigenvalue weighted by Gasteiger charge is 2.25. The van der Waals surface area contributed by atoms with Crippen LogP contribution < -0.4 is 0 Å². The maximum atomic E-state index is 11.0. The minimum Gasteiger partial charge on any atom is -0.481 e. The van der Waals surface area contributed by atoms with Gasteiger partial charge in [-0.2, -0.15) is 8.75 Å². The molecular formula is C13H15N3O2S. The Labute approximate surface area is 115 Å². The number of likely N-dealkylation sites (tertiary alicyclic amines) is 1. The van der Waals surface area contributed by atoms with Crippen molar-refractivity contribution < 1.29 is 9.90 Å². The first-order valence-corrected chi connectivity index (χ1v) is 7.12. The van der Waals surface area contributed by atoms with Crippen molar-refractivity contribution in [2.45, 2.75) is 19.4 Å². The molecule has 0 spiro atoms. The maximum Gasteiger partial charge on any atom is 0.307 e. The molecule has 0 saturated carbocycles. The Balaban J connectivity index is 1.71. The molecule has 3 rings (SSSR count). The lowest BCUT2D eigenvalue weighted by molar-refractivity contribution is -0.143. The SMILES string of the molecule is O=C(O)[C@@H]1CCCN(Cc2ccc3nsnc3c2)C1. The van der Waals surface area contributed by atoms with E-state index in [1.165, 1.54) is 17.3 Å². The number of aliphatic carboxylic acids is 1. The number of carboxylic acid groups (broad SMARTS) is 1. The third-order valence-corrected chi connectivity index (χ3v) is 4.14. The van der Waals surface area contributed by atoms with Crippen molar-refractivity contribution in [1.82, 2.24) is 13.6 Å². The van der Waals surface area contributed by atoms with E-state index in [1.807, 2.05) is 18.2 Å². The first-order chi connectivity index (χ1) is 9.22. The first-order valence-electron chi connectivity index (χ1n) is 6.39. The summed E-state index contributed by atoms with van der Waals surface area (Å²) in [6.07, 6.45) is 1.75. The van der Waals surface area contributed by atoms with Gasteiger partial charge in [0.2, 0.25) is 0 Å². The highest BCUT2D eigenvalue weighted by Crippen LogP contribution is 2.20. The van der Waals surface area contributed by atoms with Gasteiger partial charge in [0.15, 0.2) is 0 Å². The maximum absolute atomic E-state index is 11.0. The largest absolute Gasteiger partial charge is 0.481 e. The van der Waals surface area contributed by atoms with E-state index in [4.69, 9.17) is 5.11 Å². The lowest BCUT2D eigenvalue weighted by Gasteiger charge is -2.30. The average molecular weight is 277 g/mol. The zero-order chi connectivity index (χ0) is 13.2. The highest BCUT2D eigenvalue weighted by atomic mass is 32.1. The molecule has 100 valence electrons. The Morgan fingerprint density at radius 3 is 3.11 bits per heavy atom. The zero-order valence-electron chi connectivity index (χ0n) is 10.5. The standard InChI is InChI=1S/C13H15N3O2S/c17-13(18)10-2-1-5-16(8-10)7-9-3-4-11-12(6-9)15-19-14-11/h3-4,6,10H,1-2,5,7-8H2,(H,17,18)/t10-/m1/s1. The second-order valence-electron chi connectivity index (χ2n) is 5.00. The fraction of sp³-hybridized carbons (Fsp3) is 0.462. The molecule has 1 aliphatic rings. The molecule has 0 radical (unpaired) electrons. The molecular weight excluding hydrogens is 262 g/mol. The Morgan fingerprint density at radius 2 is 2.26 bits per heavy atom. The number of rotatable bonds is 3. The Kier molecular flexibility index (Phi) is 3.44. The smallest absolute Gasteiger partial charge is 0.307 e. The van der Waals surface area contributed by atoms with Crippen LogP contribution in [-0.4, -0.2) is 37.8 Å². The van der Waals surface area contributed by atoms with Crippen LogP contribution in [0.3, 0.4) is 0 Å². The molecule has 0 amide bonds. The van der Waals surface area contributed by atoms with Crippen LogP contribution in [0, 0.1) is 5.92 Å². The van der Waals surface area contributed by atoms with E-state index in [9.17, 15) is 4.79 Å². The number of benzene rings is 1. The number of hydrogen-bond acceptors (Lipinski definition) is 5. The summed E-state index contributed by atoms with van der Waals surface area (Å²) in [5.41, 5.74) is 3.02. The van der Waals surface area contributed by atoms with Crippen molar-refractivity contribution in [2.75, 3.05) is 13.1 Å². The van der Waals surface area contributed by atoms with Gasteiger partial charge < -0.3 is 5.11 Å². The summed E-state index contributed by atoms with van der Waals surface area (Å²) in [4.78, 5) is 13.3. The van der Waals surface area contributed by atoms with Gasteiger partial charge in [-0.3, -0.25) is 9.69 Å². The minimum absolute atomic E-state index is 0.224. The molecule has 0 aliphatic carbocycles. The predicted molar refractivity (Wildman–Crippen MR) is 73.1 cm³/mol. The number of hydrogen-bond donors (Lipinski definition) is 1. The number of nitrogens with zero attached hydrogens (tertiary/aromatic N) is 3. The van der Waals surface area contributed by atoms with Crippen LogP contribution in [0.2, 0.25) is 0 Å². The molecule has 0 bridgehead atoms. The molecule has 2 aromatic rings. The second kappa shape index (κ2) is 5.22. The van der Waals surface area contributed by atoms with E-state index in [1.54, 1.807) is 0 Å². The molecule has 1 aromatic carbocycles. The van der Waals surface area contributed by atoms with Crippen molar-refractivity contribution in [3.63, 3.8) is 0 Å². The summed E-state index contributed by atoms with van der Waals surface area (Å²) in [5.74, 6) is -0.901. The van der Waals surface area contributed by atoms with Crippen molar-refractivity contribution in [1.29, 1.82) is 0 Å². The molecule has 1 saturated heterocycles. The Bertz CT molecular complexity index is 598. The van der Waals surface area contributed by atoms with E-state index < -0.39 is 5.97 Å². The van der Waals surface area contributed by atoms with Gasteiger partial charge in [-0.05, 0) is 37.1 Å². The lowest BCUT2D eigenvalue weighted by Crippen LogP contribution is -2.38.